The van der Waals surface area contributed by atoms with Crippen LogP contribution in [0.1, 0.15) is 16.9 Å². The summed E-state index contributed by atoms with van der Waals surface area (Å²) >= 11 is 6.26. The third-order valence-corrected chi connectivity index (χ3v) is 5.00. The molecule has 1 saturated heterocycles. The smallest absolute Gasteiger partial charge is 0.240 e. The Bertz CT molecular complexity index is 848. The van der Waals surface area contributed by atoms with Crippen LogP contribution in [-0.2, 0) is 4.79 Å². The Balaban J connectivity index is 1.55. The van der Waals surface area contributed by atoms with Crippen LogP contribution in [-0.4, -0.2) is 43.5 Å². The molecule has 1 amide bonds. The highest BCUT2D eigenvalue weighted by Crippen LogP contribution is 2.27. The summed E-state index contributed by atoms with van der Waals surface area (Å²) in [6.07, 6.45) is 0. The fourth-order valence-corrected chi connectivity index (χ4v) is 3.33. The van der Waals surface area contributed by atoms with Crippen molar-refractivity contribution in [3.63, 3.8) is 0 Å². The lowest BCUT2D eigenvalue weighted by Crippen LogP contribution is -2.48. The summed E-state index contributed by atoms with van der Waals surface area (Å²) in [6, 6.07) is 9.87. The SMILES string of the molecule is Cc1oc(NC(=O)CN2CCN(c3ccccc3Cl)CC2)c(C#N)c1C. The zero-order valence-corrected chi connectivity index (χ0v) is 15.6. The molecule has 2 aromatic rings. The second kappa shape index (κ2) is 7.81. The summed E-state index contributed by atoms with van der Waals surface area (Å²) in [7, 11) is 0. The van der Waals surface area contributed by atoms with E-state index in [1.165, 1.54) is 0 Å². The molecule has 1 aromatic heterocycles. The van der Waals surface area contributed by atoms with Gasteiger partial charge in [-0.15, -0.1) is 0 Å². The molecule has 0 spiro atoms. The Hall–Kier alpha value is -2.49. The number of aryl methyl sites for hydroxylation is 1. The predicted octanol–water partition coefficient (Wildman–Crippen LogP) is 3.18. The molecular formula is C19H21ClN4O2. The van der Waals surface area contributed by atoms with Gasteiger partial charge in [-0.3, -0.25) is 15.0 Å². The van der Waals surface area contributed by atoms with Crippen molar-refractivity contribution in [3.8, 4) is 6.07 Å². The molecule has 1 aromatic carbocycles. The minimum absolute atomic E-state index is 0.179. The predicted molar refractivity (Wildman–Crippen MR) is 102 cm³/mol. The van der Waals surface area contributed by atoms with Crippen molar-refractivity contribution in [1.29, 1.82) is 5.26 Å². The van der Waals surface area contributed by atoms with Gasteiger partial charge < -0.3 is 9.32 Å². The van der Waals surface area contributed by atoms with Crippen molar-refractivity contribution in [2.75, 3.05) is 42.9 Å². The molecule has 0 aliphatic carbocycles. The van der Waals surface area contributed by atoms with Gasteiger partial charge in [0, 0.05) is 31.7 Å². The Kier molecular flexibility index (Phi) is 5.50. The van der Waals surface area contributed by atoms with E-state index in [4.69, 9.17) is 16.0 Å². The topological polar surface area (TPSA) is 72.5 Å². The third kappa shape index (κ3) is 3.85. The second-order valence-electron chi connectivity index (χ2n) is 6.36. The number of benzene rings is 1. The maximum Gasteiger partial charge on any atom is 0.240 e. The minimum Gasteiger partial charge on any atom is -0.444 e. The van der Waals surface area contributed by atoms with Crippen molar-refractivity contribution < 1.29 is 9.21 Å². The normalized spacial score (nSPS) is 14.9. The molecule has 0 saturated carbocycles. The van der Waals surface area contributed by atoms with E-state index in [0.29, 0.717) is 11.3 Å². The van der Waals surface area contributed by atoms with Crippen LogP contribution in [0.15, 0.2) is 28.7 Å². The molecule has 2 heterocycles. The Morgan fingerprint density at radius 1 is 1.27 bits per heavy atom. The molecule has 0 atom stereocenters. The van der Waals surface area contributed by atoms with Crippen molar-refractivity contribution in [3.05, 3.63) is 46.2 Å². The molecule has 1 N–H and O–H groups in total. The van der Waals surface area contributed by atoms with Crippen molar-refractivity contribution >= 4 is 29.1 Å². The number of carbonyl (C=O) groups excluding carboxylic acids is 1. The number of hydrogen-bond acceptors (Lipinski definition) is 5. The summed E-state index contributed by atoms with van der Waals surface area (Å²) in [5.41, 5.74) is 2.18. The maximum absolute atomic E-state index is 12.3. The number of carbonyl (C=O) groups is 1. The Morgan fingerprint density at radius 3 is 2.62 bits per heavy atom. The van der Waals surface area contributed by atoms with Gasteiger partial charge in [0.25, 0.3) is 0 Å². The Labute approximate surface area is 157 Å². The van der Waals surface area contributed by atoms with Crippen molar-refractivity contribution in [2.24, 2.45) is 0 Å². The molecular weight excluding hydrogens is 352 g/mol. The summed E-state index contributed by atoms with van der Waals surface area (Å²) in [4.78, 5) is 16.6. The van der Waals surface area contributed by atoms with E-state index in [1.54, 1.807) is 13.8 Å². The van der Waals surface area contributed by atoms with Crippen LogP contribution >= 0.6 is 11.6 Å². The number of halogens is 1. The van der Waals surface area contributed by atoms with Crippen LogP contribution in [0.2, 0.25) is 5.02 Å². The van der Waals surface area contributed by atoms with Gasteiger partial charge >= 0.3 is 0 Å². The van der Waals surface area contributed by atoms with E-state index in [9.17, 15) is 10.1 Å². The standard InChI is InChI=1S/C19H21ClN4O2/c1-13-14(2)26-19(15(13)11-21)22-18(25)12-23-7-9-24(10-8-23)17-6-4-3-5-16(17)20/h3-6H,7-10,12H2,1-2H3,(H,22,25). The molecule has 136 valence electrons. The van der Waals surface area contributed by atoms with Crippen LogP contribution in [0, 0.1) is 25.2 Å². The highest BCUT2D eigenvalue weighted by Gasteiger charge is 2.22. The molecule has 1 aliphatic heterocycles. The summed E-state index contributed by atoms with van der Waals surface area (Å²) in [6.45, 7) is 6.99. The number of furan rings is 1. The molecule has 6 nitrogen and oxygen atoms in total. The van der Waals surface area contributed by atoms with E-state index < -0.39 is 0 Å². The number of piperazine rings is 1. The van der Waals surface area contributed by atoms with Gasteiger partial charge in [0.1, 0.15) is 17.4 Å². The van der Waals surface area contributed by atoms with E-state index >= 15 is 0 Å². The monoisotopic (exact) mass is 372 g/mol. The number of nitriles is 1. The average Bonchev–Trinajstić information content (AvgIpc) is 2.89. The maximum atomic E-state index is 12.3. The third-order valence-electron chi connectivity index (χ3n) is 4.68. The first kappa shape index (κ1) is 18.3. The fraction of sp³-hybridized carbons (Fsp3) is 0.368. The molecule has 26 heavy (non-hydrogen) atoms. The highest BCUT2D eigenvalue weighted by atomic mass is 35.5. The van der Waals surface area contributed by atoms with Gasteiger partial charge in [0.15, 0.2) is 0 Å². The van der Waals surface area contributed by atoms with Gasteiger partial charge in [-0.2, -0.15) is 5.26 Å². The molecule has 0 bridgehead atoms. The molecule has 7 heteroatoms. The fourth-order valence-electron chi connectivity index (χ4n) is 3.07. The van der Waals surface area contributed by atoms with Gasteiger partial charge in [0.05, 0.1) is 17.3 Å². The lowest BCUT2D eigenvalue weighted by molar-refractivity contribution is -0.117. The first-order chi connectivity index (χ1) is 12.5. The second-order valence-corrected chi connectivity index (χ2v) is 6.77. The van der Waals surface area contributed by atoms with Crippen LogP contribution in [0.25, 0.3) is 0 Å². The van der Waals surface area contributed by atoms with Crippen LogP contribution in [0.5, 0.6) is 0 Å². The highest BCUT2D eigenvalue weighted by molar-refractivity contribution is 6.33. The summed E-state index contributed by atoms with van der Waals surface area (Å²) in [5.74, 6) is 0.703. The van der Waals surface area contributed by atoms with Gasteiger partial charge in [0.2, 0.25) is 11.8 Å². The average molecular weight is 373 g/mol. The summed E-state index contributed by atoms with van der Waals surface area (Å²) in [5, 5.41) is 12.7. The zero-order valence-electron chi connectivity index (χ0n) is 14.9. The lowest BCUT2D eigenvalue weighted by atomic mass is 10.2. The van der Waals surface area contributed by atoms with Crippen molar-refractivity contribution in [1.82, 2.24) is 4.90 Å². The number of rotatable bonds is 4. The zero-order chi connectivity index (χ0) is 18.7. The first-order valence-corrected chi connectivity index (χ1v) is 8.89. The number of nitrogens with zero attached hydrogens (tertiary/aromatic N) is 3. The van der Waals surface area contributed by atoms with E-state index in [1.807, 2.05) is 24.3 Å². The molecule has 1 aliphatic rings. The van der Waals surface area contributed by atoms with E-state index in [2.05, 4.69) is 21.2 Å². The number of para-hydroxylation sites is 1. The van der Waals surface area contributed by atoms with E-state index in [-0.39, 0.29) is 18.3 Å². The van der Waals surface area contributed by atoms with E-state index in [0.717, 1.165) is 42.5 Å². The first-order valence-electron chi connectivity index (χ1n) is 8.51. The molecule has 1 fully saturated rings. The quantitative estimate of drug-likeness (QED) is 0.892. The molecule has 3 rings (SSSR count). The van der Waals surface area contributed by atoms with Crippen LogP contribution in [0.3, 0.4) is 0 Å². The molecule has 0 unspecified atom stereocenters. The van der Waals surface area contributed by atoms with Crippen molar-refractivity contribution in [2.45, 2.75) is 13.8 Å². The van der Waals surface area contributed by atoms with Crippen LogP contribution < -0.4 is 10.2 Å². The van der Waals surface area contributed by atoms with Gasteiger partial charge in [-0.25, -0.2) is 0 Å². The molecule has 0 radical (unpaired) electrons. The lowest BCUT2D eigenvalue weighted by Gasteiger charge is -2.36. The number of hydrogen-bond donors (Lipinski definition) is 1. The van der Waals surface area contributed by atoms with Gasteiger partial charge in [-0.05, 0) is 26.0 Å². The Morgan fingerprint density at radius 2 is 1.96 bits per heavy atom. The number of nitrogens with one attached hydrogen (secondary N) is 1. The number of anilines is 2. The summed E-state index contributed by atoms with van der Waals surface area (Å²) < 4.78 is 5.49. The minimum atomic E-state index is -0.179. The largest absolute Gasteiger partial charge is 0.444 e. The van der Waals surface area contributed by atoms with Crippen LogP contribution in [0.4, 0.5) is 11.6 Å². The van der Waals surface area contributed by atoms with Gasteiger partial charge in [-0.1, -0.05) is 23.7 Å². The number of amides is 1.